The van der Waals surface area contributed by atoms with Crippen LogP contribution in [0.1, 0.15) is 32.6 Å². The molecule has 0 radical (unpaired) electrons. The highest BCUT2D eigenvalue weighted by atomic mass is 16.6. The molecular formula is C34H26N2O4. The van der Waals surface area contributed by atoms with Crippen molar-refractivity contribution in [3.8, 4) is 17.2 Å². The molecule has 0 bridgehead atoms. The fourth-order valence-corrected chi connectivity index (χ4v) is 5.50. The molecule has 2 N–H and O–H groups in total. The van der Waals surface area contributed by atoms with Gasteiger partial charge in [-0.3, -0.25) is 0 Å². The molecule has 196 valence electrons. The number of anilines is 3. The minimum atomic E-state index is -1.10. The number of esters is 1. The molecule has 0 aliphatic carbocycles. The quantitative estimate of drug-likeness (QED) is 0.222. The summed E-state index contributed by atoms with van der Waals surface area (Å²) >= 11 is 0. The van der Waals surface area contributed by atoms with Gasteiger partial charge in [0.2, 0.25) is 0 Å². The number of hydrogen-bond acceptors (Lipinski definition) is 6. The van der Waals surface area contributed by atoms with Crippen molar-refractivity contribution in [1.29, 1.82) is 0 Å². The number of nitrogens with one attached hydrogen (secondary N) is 2. The number of rotatable bonds is 6. The number of carbonyl (C=O) groups excluding carboxylic acids is 1. The van der Waals surface area contributed by atoms with Crippen LogP contribution in [0.5, 0.6) is 17.2 Å². The maximum atomic E-state index is 13.1. The van der Waals surface area contributed by atoms with Crippen molar-refractivity contribution in [2.75, 3.05) is 17.7 Å². The standard InChI is InChI=1S/C34H26N2O4/c1-38-26-15-11-22(12-16-26)21-35-24-13-17-29-31(19-24)39-32-20-25(36-23-7-3-2-4-8-23)14-18-30(32)34(29)28-10-6-5-9-27(28)33(37)40-34/h2-20,35-36H,21H2,1H3. The molecule has 5 aromatic rings. The topological polar surface area (TPSA) is 68.8 Å². The van der Waals surface area contributed by atoms with Gasteiger partial charge in [-0.05, 0) is 60.2 Å². The van der Waals surface area contributed by atoms with Crippen molar-refractivity contribution in [2.45, 2.75) is 12.1 Å². The van der Waals surface area contributed by atoms with Crippen molar-refractivity contribution in [1.82, 2.24) is 0 Å². The van der Waals surface area contributed by atoms with E-state index in [0.29, 0.717) is 23.6 Å². The van der Waals surface area contributed by atoms with E-state index in [4.69, 9.17) is 14.2 Å². The van der Waals surface area contributed by atoms with E-state index in [1.807, 2.05) is 115 Å². The lowest BCUT2D eigenvalue weighted by molar-refractivity contribution is 0.0224. The average molecular weight is 527 g/mol. The first-order valence-corrected chi connectivity index (χ1v) is 13.1. The van der Waals surface area contributed by atoms with Gasteiger partial charge >= 0.3 is 5.97 Å². The number of ether oxygens (including phenoxy) is 3. The summed E-state index contributed by atoms with van der Waals surface area (Å²) in [7, 11) is 1.66. The van der Waals surface area contributed by atoms with Crippen LogP contribution in [0.4, 0.5) is 17.1 Å². The number of methoxy groups -OCH3 is 1. The predicted octanol–water partition coefficient (Wildman–Crippen LogP) is 7.62. The second-order valence-corrected chi connectivity index (χ2v) is 9.83. The van der Waals surface area contributed by atoms with E-state index >= 15 is 0 Å². The van der Waals surface area contributed by atoms with Crippen molar-refractivity contribution in [3.05, 3.63) is 143 Å². The first kappa shape index (κ1) is 23.9. The summed E-state index contributed by atoms with van der Waals surface area (Å²) in [6, 6.07) is 37.4. The van der Waals surface area contributed by atoms with Crippen LogP contribution in [0.25, 0.3) is 0 Å². The largest absolute Gasteiger partial charge is 0.497 e. The van der Waals surface area contributed by atoms with Crippen molar-refractivity contribution in [2.24, 2.45) is 0 Å². The molecule has 40 heavy (non-hydrogen) atoms. The van der Waals surface area contributed by atoms with Gasteiger partial charge in [-0.2, -0.15) is 0 Å². The Morgan fingerprint density at radius 2 is 1.38 bits per heavy atom. The Kier molecular flexibility index (Phi) is 5.67. The molecular weight excluding hydrogens is 500 g/mol. The minimum absolute atomic E-state index is 0.345. The van der Waals surface area contributed by atoms with E-state index in [2.05, 4.69) is 10.6 Å². The Bertz CT molecular complexity index is 1730. The predicted molar refractivity (Wildman–Crippen MR) is 155 cm³/mol. The molecule has 7 rings (SSSR count). The molecule has 0 amide bonds. The molecule has 0 fully saturated rings. The maximum Gasteiger partial charge on any atom is 0.340 e. The van der Waals surface area contributed by atoms with E-state index in [1.165, 1.54) is 0 Å². The number of benzene rings is 5. The third kappa shape index (κ3) is 3.93. The lowest BCUT2D eigenvalue weighted by atomic mass is 9.77. The van der Waals surface area contributed by atoms with Gasteiger partial charge in [-0.1, -0.05) is 48.5 Å². The second-order valence-electron chi connectivity index (χ2n) is 9.83. The second kappa shape index (κ2) is 9.50. The van der Waals surface area contributed by atoms with Crippen LogP contribution in [0.3, 0.4) is 0 Å². The Labute approximate surface area is 232 Å². The molecule has 6 nitrogen and oxygen atoms in total. The minimum Gasteiger partial charge on any atom is -0.497 e. The maximum absolute atomic E-state index is 13.1. The molecule has 1 spiro atoms. The van der Waals surface area contributed by atoms with Crippen LogP contribution in [0, 0.1) is 0 Å². The zero-order valence-corrected chi connectivity index (χ0v) is 21.8. The number of hydrogen-bond donors (Lipinski definition) is 2. The Balaban J connectivity index is 1.29. The molecule has 1 unspecified atom stereocenters. The molecule has 2 heterocycles. The zero-order valence-electron chi connectivity index (χ0n) is 21.8. The van der Waals surface area contributed by atoms with Gasteiger partial charge in [0, 0.05) is 52.4 Å². The van der Waals surface area contributed by atoms with E-state index in [-0.39, 0.29) is 5.97 Å². The SMILES string of the molecule is COc1ccc(CNc2ccc3c(c2)Oc2cc(Nc4ccccc4)ccc2C32OC(=O)c3ccccc32)cc1. The van der Waals surface area contributed by atoms with Crippen LogP contribution < -0.4 is 20.1 Å². The monoisotopic (exact) mass is 526 g/mol. The van der Waals surface area contributed by atoms with Gasteiger partial charge in [-0.25, -0.2) is 4.79 Å². The molecule has 0 saturated carbocycles. The third-order valence-corrected chi connectivity index (χ3v) is 7.43. The Morgan fingerprint density at radius 3 is 2.12 bits per heavy atom. The van der Waals surface area contributed by atoms with Gasteiger partial charge in [0.05, 0.1) is 12.7 Å². The Morgan fingerprint density at radius 1 is 0.700 bits per heavy atom. The van der Waals surface area contributed by atoms with Gasteiger partial charge in [0.25, 0.3) is 0 Å². The van der Waals surface area contributed by atoms with Crippen molar-refractivity contribution >= 4 is 23.0 Å². The number of carbonyl (C=O) groups is 1. The van der Waals surface area contributed by atoms with Crippen LogP contribution in [0.2, 0.25) is 0 Å². The number of para-hydroxylation sites is 1. The molecule has 0 saturated heterocycles. The summed E-state index contributed by atoms with van der Waals surface area (Å²) in [5.41, 5.74) is 5.71. The van der Waals surface area contributed by atoms with Crippen LogP contribution >= 0.6 is 0 Å². The van der Waals surface area contributed by atoms with Crippen LogP contribution in [-0.4, -0.2) is 13.1 Å². The van der Waals surface area contributed by atoms with Crippen LogP contribution in [-0.2, 0) is 16.9 Å². The smallest absolute Gasteiger partial charge is 0.340 e. The highest BCUT2D eigenvalue weighted by Crippen LogP contribution is 2.56. The molecule has 1 atom stereocenters. The summed E-state index contributed by atoms with van der Waals surface area (Å²) < 4.78 is 18.1. The third-order valence-electron chi connectivity index (χ3n) is 7.43. The van der Waals surface area contributed by atoms with E-state index in [9.17, 15) is 4.79 Å². The zero-order chi connectivity index (χ0) is 27.1. The first-order valence-electron chi connectivity index (χ1n) is 13.1. The molecule has 0 aromatic heterocycles. The van der Waals surface area contributed by atoms with Gasteiger partial charge in [-0.15, -0.1) is 0 Å². The van der Waals surface area contributed by atoms with Gasteiger partial charge < -0.3 is 24.8 Å². The summed E-state index contributed by atoms with van der Waals surface area (Å²) in [6.07, 6.45) is 0. The summed E-state index contributed by atoms with van der Waals surface area (Å²) in [5, 5.41) is 6.92. The average Bonchev–Trinajstić information content (AvgIpc) is 3.29. The first-order chi connectivity index (χ1) is 19.6. The molecule has 5 aromatic carbocycles. The van der Waals surface area contributed by atoms with Gasteiger partial charge in [0.1, 0.15) is 17.2 Å². The van der Waals surface area contributed by atoms with E-state index in [0.717, 1.165) is 45.1 Å². The van der Waals surface area contributed by atoms with E-state index < -0.39 is 5.60 Å². The van der Waals surface area contributed by atoms with Gasteiger partial charge in [0.15, 0.2) is 5.60 Å². The molecule has 6 heteroatoms. The van der Waals surface area contributed by atoms with E-state index in [1.54, 1.807) is 7.11 Å². The highest BCUT2D eigenvalue weighted by molar-refractivity contribution is 5.97. The van der Waals surface area contributed by atoms with Crippen LogP contribution in [0.15, 0.2) is 115 Å². The summed E-state index contributed by atoms with van der Waals surface area (Å²) in [6.45, 7) is 0.632. The molecule has 2 aliphatic rings. The normalized spacial score (nSPS) is 16.3. The van der Waals surface area contributed by atoms with Crippen molar-refractivity contribution < 1.29 is 19.0 Å². The fourth-order valence-electron chi connectivity index (χ4n) is 5.50. The Hall–Kier alpha value is -5.23. The number of fused-ring (bicyclic) bond motifs is 6. The van der Waals surface area contributed by atoms with Crippen molar-refractivity contribution in [3.63, 3.8) is 0 Å². The lowest BCUT2D eigenvalue weighted by Crippen LogP contribution is -2.33. The lowest BCUT2D eigenvalue weighted by Gasteiger charge is -2.37. The molecule has 2 aliphatic heterocycles. The fraction of sp³-hybridized carbons (Fsp3) is 0.0882. The summed E-state index contributed by atoms with van der Waals surface area (Å²) in [5.74, 6) is 1.74. The summed E-state index contributed by atoms with van der Waals surface area (Å²) in [4.78, 5) is 13.1. The highest BCUT2D eigenvalue weighted by Gasteiger charge is 2.53.